The van der Waals surface area contributed by atoms with Crippen LogP contribution in [-0.2, 0) is 0 Å². The minimum atomic E-state index is -1.90. The largest absolute Gasteiger partial charge is 0.497 e. The summed E-state index contributed by atoms with van der Waals surface area (Å²) in [6.45, 7) is 0. The molecule has 0 radical (unpaired) electrons. The van der Waals surface area contributed by atoms with Crippen molar-refractivity contribution < 1.29 is 31.1 Å². The van der Waals surface area contributed by atoms with Crippen LogP contribution in [-0.4, -0.2) is 14.4 Å². The smallest absolute Gasteiger partial charge is 0.207 e. The van der Waals surface area contributed by atoms with Crippen molar-refractivity contribution in [2.45, 2.75) is 0 Å². The van der Waals surface area contributed by atoms with Crippen LogP contribution in [0.25, 0.3) is 0 Å². The molecule has 0 saturated carbocycles. The molecule has 0 aliphatic carbocycles. The van der Waals surface area contributed by atoms with Crippen LogP contribution in [0.2, 0.25) is 0 Å². The van der Waals surface area contributed by atoms with Crippen molar-refractivity contribution in [2.24, 2.45) is 0 Å². The fraction of sp³-hybridized carbons (Fsp3) is 0.0769. The van der Waals surface area contributed by atoms with Crippen molar-refractivity contribution in [3.05, 3.63) is 53.1 Å². The summed E-state index contributed by atoms with van der Waals surface area (Å²) in [6, 6.07) is 1.75. The van der Waals surface area contributed by atoms with E-state index in [-0.39, 0.29) is 11.8 Å². The van der Waals surface area contributed by atoms with E-state index in [4.69, 9.17) is 0 Å². The molecule has 0 N–H and O–H groups in total. The van der Waals surface area contributed by atoms with Gasteiger partial charge in [-0.3, -0.25) is 0 Å². The first-order valence-electron chi connectivity index (χ1n) is 5.69. The van der Waals surface area contributed by atoms with Crippen molar-refractivity contribution in [1.29, 1.82) is 0 Å². The maximum absolute atomic E-state index is 13.7. The molecule has 0 atom stereocenters. The second-order valence-corrected chi connectivity index (χ2v) is 4.19. The lowest BCUT2D eigenvalue weighted by molar-refractivity contribution is 0.407. The average Bonchev–Trinajstić information content (AvgIpc) is 2.43. The molecule has 0 heterocycles. The highest BCUT2D eigenvalue weighted by molar-refractivity contribution is 6.67. The summed E-state index contributed by atoms with van der Waals surface area (Å²) in [5.74, 6) is -9.22. The molecule has 0 bridgehead atoms. The third-order valence-electron chi connectivity index (χ3n) is 2.91. The molecule has 1 nitrogen and oxygen atoms in total. The normalized spacial score (nSPS) is 10.6. The van der Waals surface area contributed by atoms with Crippen molar-refractivity contribution in [3.63, 3.8) is 0 Å². The summed E-state index contributed by atoms with van der Waals surface area (Å²) < 4.78 is 84.8. The molecule has 0 fully saturated rings. The second kappa shape index (κ2) is 5.71. The Morgan fingerprint density at radius 2 is 1.24 bits per heavy atom. The first-order chi connectivity index (χ1) is 9.85. The van der Waals surface area contributed by atoms with E-state index in [1.54, 1.807) is 0 Å². The molecule has 0 aliphatic rings. The van der Waals surface area contributed by atoms with Crippen molar-refractivity contribution >= 4 is 18.2 Å². The molecular weight excluding hydrogens is 297 g/mol. The number of benzene rings is 2. The molecule has 0 aliphatic heterocycles. The fourth-order valence-electron chi connectivity index (χ4n) is 1.81. The molecule has 110 valence electrons. The molecule has 0 unspecified atom stereocenters. The zero-order chi connectivity index (χ0) is 15.7. The summed E-state index contributed by atoms with van der Waals surface area (Å²) in [7, 11) is 0.277. The Labute approximate surface area is 116 Å². The van der Waals surface area contributed by atoms with Crippen LogP contribution >= 0.6 is 0 Å². The SMILES string of the molecule is COc1cc(F)c(Bc2c(F)cc(F)c(F)c2F)c(F)c1. The second-order valence-electron chi connectivity index (χ2n) is 4.19. The highest BCUT2D eigenvalue weighted by Crippen LogP contribution is 2.14. The number of rotatable bonds is 3. The van der Waals surface area contributed by atoms with Gasteiger partial charge in [0.2, 0.25) is 7.28 Å². The van der Waals surface area contributed by atoms with Gasteiger partial charge in [0.1, 0.15) is 23.2 Å². The van der Waals surface area contributed by atoms with Gasteiger partial charge in [0, 0.05) is 18.2 Å². The highest BCUT2D eigenvalue weighted by atomic mass is 19.2. The summed E-state index contributed by atoms with van der Waals surface area (Å²) >= 11 is 0. The van der Waals surface area contributed by atoms with Crippen LogP contribution in [0, 0.1) is 34.9 Å². The van der Waals surface area contributed by atoms with E-state index in [1.807, 2.05) is 0 Å². The van der Waals surface area contributed by atoms with Gasteiger partial charge in [-0.1, -0.05) is 0 Å². The first-order valence-corrected chi connectivity index (χ1v) is 5.69. The lowest BCUT2D eigenvalue weighted by atomic mass is 9.63. The Morgan fingerprint density at radius 1 is 0.714 bits per heavy atom. The van der Waals surface area contributed by atoms with Crippen molar-refractivity contribution in [2.75, 3.05) is 7.11 Å². The van der Waals surface area contributed by atoms with E-state index in [0.717, 1.165) is 12.1 Å². The molecule has 21 heavy (non-hydrogen) atoms. The van der Waals surface area contributed by atoms with Crippen molar-refractivity contribution in [1.82, 2.24) is 0 Å². The molecule has 8 heteroatoms. The standard InChI is InChI=1S/C13H7BF6O/c1-21-5-2-6(15)10(7(16)3-5)14-11-8(17)4-9(18)12(19)13(11)20/h2-4,14H,1H3. The van der Waals surface area contributed by atoms with Gasteiger partial charge in [-0.15, -0.1) is 0 Å². The molecule has 0 spiro atoms. The van der Waals surface area contributed by atoms with Gasteiger partial charge in [-0.2, -0.15) is 0 Å². The number of methoxy groups -OCH3 is 1. The van der Waals surface area contributed by atoms with Gasteiger partial charge in [0.15, 0.2) is 17.5 Å². The van der Waals surface area contributed by atoms with Crippen LogP contribution in [0.4, 0.5) is 26.3 Å². The Kier molecular flexibility index (Phi) is 4.15. The topological polar surface area (TPSA) is 9.23 Å². The number of halogens is 6. The van der Waals surface area contributed by atoms with E-state index in [9.17, 15) is 26.3 Å². The lowest BCUT2D eigenvalue weighted by Gasteiger charge is -2.09. The minimum absolute atomic E-state index is 0.118. The fourth-order valence-corrected chi connectivity index (χ4v) is 1.81. The molecular formula is C13H7BF6O. The van der Waals surface area contributed by atoms with Gasteiger partial charge in [0.25, 0.3) is 0 Å². The average molecular weight is 304 g/mol. The predicted octanol–water partition coefficient (Wildman–Crippen LogP) is 1.92. The van der Waals surface area contributed by atoms with E-state index in [2.05, 4.69) is 4.74 Å². The van der Waals surface area contributed by atoms with Crippen molar-refractivity contribution in [3.8, 4) is 5.75 Å². The molecule has 2 aromatic rings. The van der Waals surface area contributed by atoms with E-state index < -0.39 is 53.1 Å². The monoisotopic (exact) mass is 304 g/mol. The zero-order valence-electron chi connectivity index (χ0n) is 10.6. The molecule has 0 aromatic heterocycles. The highest BCUT2D eigenvalue weighted by Gasteiger charge is 2.23. The summed E-state index contributed by atoms with van der Waals surface area (Å²) in [4.78, 5) is 0. The number of hydrogen-bond donors (Lipinski definition) is 0. The Bertz CT molecular complexity index is 681. The van der Waals surface area contributed by atoms with Gasteiger partial charge in [-0.25, -0.2) is 26.3 Å². The molecule has 2 aromatic carbocycles. The van der Waals surface area contributed by atoms with Crippen LogP contribution in [0.5, 0.6) is 5.75 Å². The Hall–Kier alpha value is -2.12. The lowest BCUT2D eigenvalue weighted by Crippen LogP contribution is -2.37. The summed E-state index contributed by atoms with van der Waals surface area (Å²) in [5, 5.41) is 0. The Morgan fingerprint density at radius 3 is 1.76 bits per heavy atom. The van der Waals surface area contributed by atoms with E-state index in [1.165, 1.54) is 7.11 Å². The van der Waals surface area contributed by atoms with Crippen LogP contribution in [0.1, 0.15) is 0 Å². The third-order valence-corrected chi connectivity index (χ3v) is 2.91. The Balaban J connectivity index is 2.51. The van der Waals surface area contributed by atoms with Gasteiger partial charge in [-0.05, 0) is 10.9 Å². The van der Waals surface area contributed by atoms with Crippen LogP contribution < -0.4 is 15.7 Å². The maximum Gasteiger partial charge on any atom is 0.207 e. The zero-order valence-corrected chi connectivity index (χ0v) is 10.6. The van der Waals surface area contributed by atoms with E-state index >= 15 is 0 Å². The predicted molar refractivity (Wildman–Crippen MR) is 65.6 cm³/mol. The number of hydrogen-bond acceptors (Lipinski definition) is 1. The molecule has 0 amide bonds. The quantitative estimate of drug-likeness (QED) is 0.364. The number of ether oxygens (including phenoxy) is 1. The maximum atomic E-state index is 13.7. The first kappa shape index (κ1) is 15.3. The molecule has 0 saturated heterocycles. The minimum Gasteiger partial charge on any atom is -0.497 e. The van der Waals surface area contributed by atoms with Gasteiger partial charge < -0.3 is 4.74 Å². The van der Waals surface area contributed by atoms with Crippen LogP contribution in [0.3, 0.4) is 0 Å². The van der Waals surface area contributed by atoms with E-state index in [0.29, 0.717) is 0 Å². The third kappa shape index (κ3) is 2.84. The van der Waals surface area contributed by atoms with Gasteiger partial charge >= 0.3 is 0 Å². The van der Waals surface area contributed by atoms with Gasteiger partial charge in [0.05, 0.1) is 7.11 Å². The van der Waals surface area contributed by atoms with Crippen LogP contribution in [0.15, 0.2) is 18.2 Å². The molecule has 2 rings (SSSR count). The summed E-state index contributed by atoms with van der Waals surface area (Å²) in [5.41, 5.74) is -1.64. The summed E-state index contributed by atoms with van der Waals surface area (Å²) in [6.07, 6.45) is 0.